The summed E-state index contributed by atoms with van der Waals surface area (Å²) in [4.78, 5) is 24.4. The molecule has 1 aliphatic heterocycles. The smallest absolute Gasteiger partial charge is 0.335 e. The number of amides is 1. The standard InChI is InChI=1S/C13H16N2O5S/c1-8-4-10(2-3-11(8)13(17)18)15-6-9(5-12(15)16)7-21(14,19)20/h2-4,9H,5-7H2,1H3,(H,17,18)(H2,14,19,20). The second-order valence-electron chi connectivity index (χ2n) is 5.21. The summed E-state index contributed by atoms with van der Waals surface area (Å²) in [6.07, 6.45) is 0.121. The van der Waals surface area contributed by atoms with Gasteiger partial charge in [0.1, 0.15) is 0 Å². The number of hydrogen-bond donors (Lipinski definition) is 2. The highest BCUT2D eigenvalue weighted by atomic mass is 32.2. The van der Waals surface area contributed by atoms with Crippen LogP contribution in [0.4, 0.5) is 5.69 Å². The van der Waals surface area contributed by atoms with Crippen molar-refractivity contribution in [2.75, 3.05) is 17.2 Å². The first kappa shape index (κ1) is 15.5. The highest BCUT2D eigenvalue weighted by Crippen LogP contribution is 2.27. The predicted octanol–water partition coefficient (Wildman–Crippen LogP) is 0.335. The molecule has 8 heteroatoms. The van der Waals surface area contributed by atoms with E-state index in [1.54, 1.807) is 19.1 Å². The fourth-order valence-corrected chi connectivity index (χ4v) is 3.41. The van der Waals surface area contributed by atoms with Gasteiger partial charge in [-0.15, -0.1) is 0 Å². The third kappa shape index (κ3) is 3.59. The van der Waals surface area contributed by atoms with Gasteiger partial charge in [0.2, 0.25) is 15.9 Å². The van der Waals surface area contributed by atoms with Gasteiger partial charge < -0.3 is 10.0 Å². The Kier molecular flexibility index (Phi) is 4.02. The Bertz CT molecular complexity index is 699. The first-order valence-corrected chi connectivity index (χ1v) is 8.03. The summed E-state index contributed by atoms with van der Waals surface area (Å²) in [5.74, 6) is -1.79. The number of anilines is 1. The molecule has 0 saturated carbocycles. The monoisotopic (exact) mass is 312 g/mol. The van der Waals surface area contributed by atoms with Crippen molar-refractivity contribution in [2.24, 2.45) is 11.1 Å². The van der Waals surface area contributed by atoms with Crippen molar-refractivity contribution < 1.29 is 23.1 Å². The van der Waals surface area contributed by atoms with Crippen molar-refractivity contribution in [3.05, 3.63) is 29.3 Å². The Hall–Kier alpha value is -1.93. The number of benzene rings is 1. The van der Waals surface area contributed by atoms with Gasteiger partial charge in [0.05, 0.1) is 11.3 Å². The summed E-state index contributed by atoms with van der Waals surface area (Å²) in [5, 5.41) is 14.0. The summed E-state index contributed by atoms with van der Waals surface area (Å²) in [5.41, 5.74) is 1.29. The van der Waals surface area contributed by atoms with Crippen LogP contribution in [0, 0.1) is 12.8 Å². The molecule has 7 nitrogen and oxygen atoms in total. The maximum atomic E-state index is 12.0. The van der Waals surface area contributed by atoms with Gasteiger partial charge in [0.15, 0.2) is 0 Å². The van der Waals surface area contributed by atoms with E-state index >= 15 is 0 Å². The molecular weight excluding hydrogens is 296 g/mol. The van der Waals surface area contributed by atoms with Gasteiger partial charge in [-0.3, -0.25) is 4.79 Å². The Morgan fingerprint density at radius 3 is 2.67 bits per heavy atom. The maximum Gasteiger partial charge on any atom is 0.335 e. The highest BCUT2D eigenvalue weighted by Gasteiger charge is 2.33. The number of carboxylic acid groups (broad SMARTS) is 1. The van der Waals surface area contributed by atoms with Gasteiger partial charge in [-0.2, -0.15) is 0 Å². The Morgan fingerprint density at radius 1 is 1.48 bits per heavy atom. The second kappa shape index (κ2) is 5.45. The second-order valence-corrected chi connectivity index (χ2v) is 6.87. The molecule has 3 N–H and O–H groups in total. The van der Waals surface area contributed by atoms with E-state index in [-0.39, 0.29) is 36.1 Å². The molecule has 1 atom stereocenters. The lowest BCUT2D eigenvalue weighted by Crippen LogP contribution is -2.27. The number of carboxylic acids is 1. The average Bonchev–Trinajstić information content (AvgIpc) is 2.66. The van der Waals surface area contributed by atoms with E-state index in [0.29, 0.717) is 11.3 Å². The van der Waals surface area contributed by atoms with Crippen LogP contribution in [0.5, 0.6) is 0 Å². The van der Waals surface area contributed by atoms with Crippen LogP contribution >= 0.6 is 0 Å². The minimum atomic E-state index is -3.62. The molecule has 114 valence electrons. The van der Waals surface area contributed by atoms with Crippen molar-refractivity contribution in [2.45, 2.75) is 13.3 Å². The molecule has 1 heterocycles. The zero-order valence-electron chi connectivity index (χ0n) is 11.4. The molecule has 1 aliphatic rings. The fraction of sp³-hybridized carbons (Fsp3) is 0.385. The zero-order valence-corrected chi connectivity index (χ0v) is 12.3. The Balaban J connectivity index is 2.21. The summed E-state index contributed by atoms with van der Waals surface area (Å²) < 4.78 is 22.2. The van der Waals surface area contributed by atoms with Crippen LogP contribution in [0.3, 0.4) is 0 Å². The minimum absolute atomic E-state index is 0.121. The molecule has 2 rings (SSSR count). The normalized spacial score (nSPS) is 19.0. The molecule has 0 aromatic heterocycles. The van der Waals surface area contributed by atoms with Gasteiger partial charge in [0.25, 0.3) is 0 Å². The number of nitrogens with zero attached hydrogens (tertiary/aromatic N) is 1. The van der Waals surface area contributed by atoms with Crippen molar-refractivity contribution in [3.63, 3.8) is 0 Å². The summed E-state index contributed by atoms with van der Waals surface area (Å²) in [6.45, 7) is 1.91. The molecular formula is C13H16N2O5S. The minimum Gasteiger partial charge on any atom is -0.478 e. The van der Waals surface area contributed by atoms with E-state index in [0.717, 1.165) is 0 Å². The summed E-state index contributed by atoms with van der Waals surface area (Å²) in [6, 6.07) is 4.60. The molecule has 1 saturated heterocycles. The molecule has 0 spiro atoms. The average molecular weight is 312 g/mol. The number of aromatic carboxylic acids is 1. The number of rotatable bonds is 4. The van der Waals surface area contributed by atoms with Crippen molar-refractivity contribution in [3.8, 4) is 0 Å². The van der Waals surface area contributed by atoms with Gasteiger partial charge in [-0.05, 0) is 30.7 Å². The molecule has 1 aromatic carbocycles. The van der Waals surface area contributed by atoms with Crippen LogP contribution in [0.2, 0.25) is 0 Å². The lowest BCUT2D eigenvalue weighted by Gasteiger charge is -2.18. The van der Waals surface area contributed by atoms with Crippen LogP contribution in [-0.2, 0) is 14.8 Å². The predicted molar refractivity (Wildman–Crippen MR) is 76.6 cm³/mol. The van der Waals surface area contributed by atoms with E-state index < -0.39 is 16.0 Å². The Labute approximate surface area is 122 Å². The van der Waals surface area contributed by atoms with Crippen molar-refractivity contribution in [1.29, 1.82) is 0 Å². The van der Waals surface area contributed by atoms with Crippen LogP contribution in [-0.4, -0.2) is 37.7 Å². The van der Waals surface area contributed by atoms with Gasteiger partial charge in [0, 0.05) is 24.6 Å². The molecule has 0 aliphatic carbocycles. The van der Waals surface area contributed by atoms with E-state index in [4.69, 9.17) is 10.2 Å². The Morgan fingerprint density at radius 2 is 2.14 bits per heavy atom. The van der Waals surface area contributed by atoms with E-state index in [2.05, 4.69) is 0 Å². The molecule has 1 aromatic rings. The van der Waals surface area contributed by atoms with Crippen LogP contribution < -0.4 is 10.0 Å². The lowest BCUT2D eigenvalue weighted by atomic mass is 10.1. The quantitative estimate of drug-likeness (QED) is 0.831. The van der Waals surface area contributed by atoms with Gasteiger partial charge in [-0.1, -0.05) is 0 Å². The van der Waals surface area contributed by atoms with Crippen molar-refractivity contribution >= 4 is 27.6 Å². The largest absolute Gasteiger partial charge is 0.478 e. The number of sulfonamides is 1. The fourth-order valence-electron chi connectivity index (χ4n) is 2.53. The zero-order chi connectivity index (χ0) is 15.8. The van der Waals surface area contributed by atoms with E-state index in [9.17, 15) is 18.0 Å². The number of primary sulfonamides is 1. The molecule has 0 radical (unpaired) electrons. The topological polar surface area (TPSA) is 118 Å². The summed E-state index contributed by atoms with van der Waals surface area (Å²) in [7, 11) is -3.62. The molecule has 1 amide bonds. The van der Waals surface area contributed by atoms with Crippen LogP contribution in [0.25, 0.3) is 0 Å². The molecule has 0 bridgehead atoms. The third-order valence-corrected chi connectivity index (χ3v) is 4.36. The van der Waals surface area contributed by atoms with Crippen LogP contribution in [0.1, 0.15) is 22.3 Å². The first-order chi connectivity index (χ1) is 9.67. The maximum absolute atomic E-state index is 12.0. The van der Waals surface area contributed by atoms with Crippen molar-refractivity contribution in [1.82, 2.24) is 0 Å². The summed E-state index contributed by atoms with van der Waals surface area (Å²) >= 11 is 0. The SMILES string of the molecule is Cc1cc(N2CC(CS(N)(=O)=O)CC2=O)ccc1C(=O)O. The molecule has 21 heavy (non-hydrogen) atoms. The van der Waals surface area contributed by atoms with E-state index in [1.807, 2.05) is 0 Å². The lowest BCUT2D eigenvalue weighted by molar-refractivity contribution is -0.117. The van der Waals surface area contributed by atoms with Gasteiger partial charge in [-0.25, -0.2) is 18.4 Å². The molecule has 1 unspecified atom stereocenters. The van der Waals surface area contributed by atoms with Crippen LogP contribution in [0.15, 0.2) is 18.2 Å². The number of carbonyl (C=O) groups excluding carboxylic acids is 1. The number of hydrogen-bond acceptors (Lipinski definition) is 4. The molecule has 1 fully saturated rings. The van der Waals surface area contributed by atoms with Gasteiger partial charge >= 0.3 is 5.97 Å². The highest BCUT2D eigenvalue weighted by molar-refractivity contribution is 7.89. The number of aryl methyl sites for hydroxylation is 1. The van der Waals surface area contributed by atoms with E-state index in [1.165, 1.54) is 11.0 Å². The number of nitrogens with two attached hydrogens (primary N) is 1. The number of carbonyl (C=O) groups is 2. The first-order valence-electron chi connectivity index (χ1n) is 6.32. The third-order valence-electron chi connectivity index (χ3n) is 3.43.